The van der Waals surface area contributed by atoms with Crippen molar-refractivity contribution in [1.82, 2.24) is 35.2 Å². The van der Waals surface area contributed by atoms with E-state index in [1.54, 1.807) is 0 Å². The molecule has 0 aliphatic carbocycles. The van der Waals surface area contributed by atoms with E-state index in [0.717, 1.165) is 109 Å². The summed E-state index contributed by atoms with van der Waals surface area (Å²) in [6, 6.07) is 0. The first kappa shape index (κ1) is 26.2. The molecule has 1 aromatic rings. The third-order valence-corrected chi connectivity index (χ3v) is 5.66. The second-order valence-corrected chi connectivity index (χ2v) is 7.86. The van der Waals surface area contributed by atoms with Crippen LogP contribution >= 0.6 is 24.0 Å². The minimum absolute atomic E-state index is 0. The number of aromatic nitrogens is 3. The number of morpholine rings is 2. The fourth-order valence-corrected chi connectivity index (χ4v) is 3.58. The third kappa shape index (κ3) is 9.56. The molecule has 2 N–H and O–H groups in total. The molecule has 0 aromatic carbocycles. The second kappa shape index (κ2) is 14.9. The van der Waals surface area contributed by atoms with E-state index < -0.39 is 0 Å². The lowest BCUT2D eigenvalue weighted by molar-refractivity contribution is 0.0375. The number of hydrogen-bond donors (Lipinski definition) is 2. The molecule has 3 heterocycles. The van der Waals surface area contributed by atoms with Crippen molar-refractivity contribution in [3.8, 4) is 0 Å². The van der Waals surface area contributed by atoms with Gasteiger partial charge in [0.1, 0.15) is 12.4 Å². The van der Waals surface area contributed by atoms with Gasteiger partial charge in [-0.15, -0.1) is 34.2 Å². The number of nitrogens with zero attached hydrogens (tertiary/aromatic N) is 6. The lowest BCUT2D eigenvalue weighted by Crippen LogP contribution is -2.42. The van der Waals surface area contributed by atoms with Gasteiger partial charge in [-0.2, -0.15) is 0 Å². The summed E-state index contributed by atoms with van der Waals surface area (Å²) in [4.78, 5) is 9.66. The van der Waals surface area contributed by atoms with Crippen LogP contribution in [0.2, 0.25) is 0 Å². The van der Waals surface area contributed by atoms with Gasteiger partial charge in [0.2, 0.25) is 0 Å². The molecule has 0 bridgehead atoms. The Labute approximate surface area is 203 Å². The molecule has 10 nitrogen and oxygen atoms in total. The Morgan fingerprint density at radius 3 is 1.87 bits per heavy atom. The summed E-state index contributed by atoms with van der Waals surface area (Å²) in [5, 5.41) is 15.3. The number of aryl methyl sites for hydroxylation is 1. The third-order valence-electron chi connectivity index (χ3n) is 5.66. The summed E-state index contributed by atoms with van der Waals surface area (Å²) in [6.07, 6.45) is 2.16. The molecular weight excluding hydrogens is 511 g/mol. The maximum absolute atomic E-state index is 5.42. The zero-order chi connectivity index (χ0) is 21.0. The van der Waals surface area contributed by atoms with Crippen LogP contribution in [0.4, 0.5) is 0 Å². The summed E-state index contributed by atoms with van der Waals surface area (Å²) in [7, 11) is 1.98. The van der Waals surface area contributed by atoms with Crippen molar-refractivity contribution in [3.05, 3.63) is 11.6 Å². The van der Waals surface area contributed by atoms with Gasteiger partial charge in [-0.25, -0.2) is 4.99 Å². The predicted octanol–water partition coefficient (Wildman–Crippen LogP) is 0.221. The summed E-state index contributed by atoms with van der Waals surface area (Å²) in [5.74, 6) is 2.62. The summed E-state index contributed by atoms with van der Waals surface area (Å²) in [6.45, 7) is 14.0. The fraction of sp³-hybridized carbons (Fsp3) is 0.850. The lowest BCUT2D eigenvalue weighted by atomic mass is 10.3. The molecule has 0 atom stereocenters. The standard InChI is InChI=1S/C20H38N8O2.HI/c1-18-24-25-19(26(18)2)17-23-20(21-5-3-7-27-9-13-29-14-10-27)22-6-4-8-28-11-15-30-16-12-28;/h3-17H2,1-2H3,(H2,21,22,23);1H. The number of guanidine groups is 1. The zero-order valence-electron chi connectivity index (χ0n) is 19.0. The monoisotopic (exact) mass is 550 g/mol. The average Bonchev–Trinajstić information content (AvgIpc) is 3.11. The van der Waals surface area contributed by atoms with Gasteiger partial charge in [0.15, 0.2) is 11.8 Å². The molecule has 31 heavy (non-hydrogen) atoms. The summed E-state index contributed by atoms with van der Waals surface area (Å²) < 4.78 is 12.8. The van der Waals surface area contributed by atoms with Crippen LogP contribution in [-0.2, 0) is 23.1 Å². The van der Waals surface area contributed by atoms with Gasteiger partial charge in [-0.3, -0.25) is 9.80 Å². The van der Waals surface area contributed by atoms with E-state index >= 15 is 0 Å². The minimum atomic E-state index is 0. The Balaban J connectivity index is 0.00000341. The fourth-order valence-electron chi connectivity index (χ4n) is 3.58. The number of ether oxygens (including phenoxy) is 2. The van der Waals surface area contributed by atoms with E-state index in [1.807, 2.05) is 18.5 Å². The van der Waals surface area contributed by atoms with Gasteiger partial charge in [-0.05, 0) is 32.9 Å². The maximum Gasteiger partial charge on any atom is 0.191 e. The highest BCUT2D eigenvalue weighted by Gasteiger charge is 2.11. The van der Waals surface area contributed by atoms with Gasteiger partial charge in [0.05, 0.1) is 26.4 Å². The maximum atomic E-state index is 5.42. The highest BCUT2D eigenvalue weighted by molar-refractivity contribution is 14.0. The van der Waals surface area contributed by atoms with Crippen LogP contribution in [0.25, 0.3) is 0 Å². The second-order valence-electron chi connectivity index (χ2n) is 7.86. The lowest BCUT2D eigenvalue weighted by Gasteiger charge is -2.27. The topological polar surface area (TPSA) is 92.1 Å². The molecule has 2 aliphatic heterocycles. The van der Waals surface area contributed by atoms with Crippen molar-refractivity contribution < 1.29 is 9.47 Å². The number of aliphatic imine (C=N–C) groups is 1. The van der Waals surface area contributed by atoms with Gasteiger partial charge in [0.25, 0.3) is 0 Å². The number of rotatable bonds is 10. The molecular formula is C20H39IN8O2. The zero-order valence-corrected chi connectivity index (χ0v) is 21.3. The van der Waals surface area contributed by atoms with Crippen LogP contribution in [0.1, 0.15) is 24.5 Å². The molecule has 2 fully saturated rings. The molecule has 0 saturated carbocycles. The highest BCUT2D eigenvalue weighted by atomic mass is 127. The number of nitrogens with one attached hydrogen (secondary N) is 2. The van der Waals surface area contributed by atoms with Crippen molar-refractivity contribution in [3.63, 3.8) is 0 Å². The van der Waals surface area contributed by atoms with Crippen LogP contribution in [0, 0.1) is 6.92 Å². The first-order valence-corrected chi connectivity index (χ1v) is 11.2. The molecule has 11 heteroatoms. The van der Waals surface area contributed by atoms with Crippen molar-refractivity contribution in [2.75, 3.05) is 78.8 Å². The minimum Gasteiger partial charge on any atom is -0.379 e. The van der Waals surface area contributed by atoms with Crippen molar-refractivity contribution in [1.29, 1.82) is 0 Å². The first-order chi connectivity index (χ1) is 14.7. The highest BCUT2D eigenvalue weighted by Crippen LogP contribution is 2.00. The molecule has 0 radical (unpaired) electrons. The van der Waals surface area contributed by atoms with Crippen molar-refractivity contribution >= 4 is 29.9 Å². The van der Waals surface area contributed by atoms with E-state index in [1.165, 1.54) is 0 Å². The average molecular weight is 550 g/mol. The molecule has 0 spiro atoms. The van der Waals surface area contributed by atoms with E-state index in [4.69, 9.17) is 14.5 Å². The first-order valence-electron chi connectivity index (χ1n) is 11.2. The van der Waals surface area contributed by atoms with Crippen molar-refractivity contribution in [2.24, 2.45) is 12.0 Å². The Bertz CT molecular complexity index is 617. The van der Waals surface area contributed by atoms with E-state index in [-0.39, 0.29) is 24.0 Å². The molecule has 2 aliphatic rings. The Morgan fingerprint density at radius 2 is 1.42 bits per heavy atom. The number of hydrogen-bond acceptors (Lipinski definition) is 7. The van der Waals surface area contributed by atoms with Gasteiger partial charge in [-0.1, -0.05) is 0 Å². The Morgan fingerprint density at radius 1 is 0.903 bits per heavy atom. The van der Waals surface area contributed by atoms with E-state index in [2.05, 4.69) is 30.6 Å². The van der Waals surface area contributed by atoms with Crippen LogP contribution in [0.3, 0.4) is 0 Å². The molecule has 0 amide bonds. The van der Waals surface area contributed by atoms with E-state index in [9.17, 15) is 0 Å². The normalized spacial score (nSPS) is 17.7. The van der Waals surface area contributed by atoms with Crippen LogP contribution in [-0.4, -0.2) is 109 Å². The SMILES string of the molecule is Cc1nnc(CN=C(NCCCN2CCOCC2)NCCCN2CCOCC2)n1C.I. The van der Waals surface area contributed by atoms with Gasteiger partial charge in [0, 0.05) is 46.3 Å². The van der Waals surface area contributed by atoms with Crippen LogP contribution in [0.15, 0.2) is 4.99 Å². The molecule has 178 valence electrons. The Kier molecular flexibility index (Phi) is 12.6. The van der Waals surface area contributed by atoms with E-state index in [0.29, 0.717) is 6.54 Å². The predicted molar refractivity (Wildman–Crippen MR) is 132 cm³/mol. The largest absolute Gasteiger partial charge is 0.379 e. The van der Waals surface area contributed by atoms with Crippen molar-refractivity contribution in [2.45, 2.75) is 26.3 Å². The van der Waals surface area contributed by atoms with Gasteiger partial charge < -0.3 is 24.7 Å². The molecule has 1 aromatic heterocycles. The van der Waals surface area contributed by atoms with Gasteiger partial charge >= 0.3 is 0 Å². The molecule has 3 rings (SSSR count). The molecule has 0 unspecified atom stereocenters. The Hall–Kier alpha value is -1.02. The summed E-state index contributed by atoms with van der Waals surface area (Å²) in [5.41, 5.74) is 0. The quantitative estimate of drug-likeness (QED) is 0.185. The molecule has 2 saturated heterocycles. The smallest absolute Gasteiger partial charge is 0.191 e. The van der Waals surface area contributed by atoms with Crippen LogP contribution in [0.5, 0.6) is 0 Å². The van der Waals surface area contributed by atoms with Crippen LogP contribution < -0.4 is 10.6 Å². The number of halogens is 1. The summed E-state index contributed by atoms with van der Waals surface area (Å²) >= 11 is 0.